The number of rotatable bonds is 10. The molecule has 1 atom stereocenters. The summed E-state index contributed by atoms with van der Waals surface area (Å²) in [6.07, 6.45) is 2.07. The van der Waals surface area contributed by atoms with Crippen molar-refractivity contribution in [3.05, 3.63) is 71.8 Å². The monoisotopic (exact) mass is 381 g/mol. The third-order valence-corrected chi connectivity index (χ3v) is 4.24. The first-order valence-corrected chi connectivity index (χ1v) is 9.57. The van der Waals surface area contributed by atoms with Gasteiger partial charge in [-0.1, -0.05) is 74.0 Å². The topological polar surface area (TPSA) is 65.0 Å². The Bertz CT molecular complexity index is 730. The molecule has 0 heterocycles. The van der Waals surface area contributed by atoms with Crippen molar-refractivity contribution in [1.82, 2.24) is 0 Å². The SMILES string of the molecule is CCCCOC(=O)[C@H](CCC(=O)OC)N=C(c1ccccc1)c1ccccc1. The summed E-state index contributed by atoms with van der Waals surface area (Å²) in [6, 6.07) is 18.6. The van der Waals surface area contributed by atoms with Gasteiger partial charge in [0.05, 0.1) is 19.4 Å². The number of esters is 2. The third-order valence-electron chi connectivity index (χ3n) is 4.24. The number of methoxy groups -OCH3 is 1. The Kier molecular flexibility index (Phi) is 8.92. The molecule has 0 saturated carbocycles. The summed E-state index contributed by atoms with van der Waals surface area (Å²) >= 11 is 0. The van der Waals surface area contributed by atoms with Crippen molar-refractivity contribution in [2.75, 3.05) is 13.7 Å². The van der Waals surface area contributed by atoms with Gasteiger partial charge in [0.1, 0.15) is 6.04 Å². The molecule has 0 amide bonds. The predicted octanol–water partition coefficient (Wildman–Crippen LogP) is 4.19. The van der Waals surface area contributed by atoms with Crippen molar-refractivity contribution in [2.45, 2.75) is 38.6 Å². The molecule has 0 bridgehead atoms. The predicted molar refractivity (Wildman–Crippen MR) is 109 cm³/mol. The number of hydrogen-bond donors (Lipinski definition) is 0. The van der Waals surface area contributed by atoms with Crippen molar-refractivity contribution in [1.29, 1.82) is 0 Å². The van der Waals surface area contributed by atoms with E-state index in [1.165, 1.54) is 7.11 Å². The number of nitrogens with zero attached hydrogens (tertiary/aromatic N) is 1. The second-order valence-electron chi connectivity index (χ2n) is 6.36. The van der Waals surface area contributed by atoms with Crippen LogP contribution >= 0.6 is 0 Å². The molecule has 0 unspecified atom stereocenters. The Morgan fingerprint density at radius 2 is 1.54 bits per heavy atom. The van der Waals surface area contributed by atoms with Gasteiger partial charge in [0.2, 0.25) is 0 Å². The molecule has 0 radical (unpaired) electrons. The summed E-state index contributed by atoms with van der Waals surface area (Å²) in [5.41, 5.74) is 2.50. The van der Waals surface area contributed by atoms with E-state index in [2.05, 4.69) is 0 Å². The number of carbonyl (C=O) groups excluding carboxylic acids is 2. The molecule has 0 aliphatic carbocycles. The number of aliphatic imine (C=N–C) groups is 1. The zero-order chi connectivity index (χ0) is 20.2. The highest BCUT2D eigenvalue weighted by atomic mass is 16.5. The van der Waals surface area contributed by atoms with Crippen molar-refractivity contribution < 1.29 is 19.1 Å². The van der Waals surface area contributed by atoms with E-state index in [0.717, 1.165) is 24.0 Å². The minimum atomic E-state index is -0.772. The Hall–Kier alpha value is -2.95. The molecule has 0 aliphatic heterocycles. The lowest BCUT2D eigenvalue weighted by Gasteiger charge is -2.15. The molecule has 5 nitrogen and oxygen atoms in total. The van der Waals surface area contributed by atoms with Crippen molar-refractivity contribution >= 4 is 17.7 Å². The summed E-state index contributed by atoms with van der Waals surface area (Å²) in [5, 5.41) is 0. The lowest BCUT2D eigenvalue weighted by atomic mass is 10.0. The molecule has 0 N–H and O–H groups in total. The highest BCUT2D eigenvalue weighted by Gasteiger charge is 2.22. The number of unbranched alkanes of at least 4 members (excludes halogenated alkanes) is 1. The molecule has 2 aromatic rings. The maximum atomic E-state index is 12.6. The molecule has 0 spiro atoms. The summed E-state index contributed by atoms with van der Waals surface area (Å²) < 4.78 is 10.1. The van der Waals surface area contributed by atoms with Crippen molar-refractivity contribution in [2.24, 2.45) is 4.99 Å². The fourth-order valence-corrected chi connectivity index (χ4v) is 2.67. The fraction of sp³-hybridized carbons (Fsp3) is 0.348. The second kappa shape index (κ2) is 11.7. The van der Waals surface area contributed by atoms with Crippen LogP contribution in [-0.4, -0.2) is 37.4 Å². The normalized spacial score (nSPS) is 11.4. The smallest absolute Gasteiger partial charge is 0.330 e. The van der Waals surface area contributed by atoms with Gasteiger partial charge >= 0.3 is 11.9 Å². The summed E-state index contributed by atoms with van der Waals surface area (Å²) in [5.74, 6) is -0.788. The van der Waals surface area contributed by atoms with Gasteiger partial charge in [0.15, 0.2) is 0 Å². The van der Waals surface area contributed by atoms with Crippen LogP contribution < -0.4 is 0 Å². The van der Waals surface area contributed by atoms with Crippen LogP contribution in [0.15, 0.2) is 65.7 Å². The van der Waals surface area contributed by atoms with Gasteiger partial charge in [-0.05, 0) is 12.8 Å². The van der Waals surface area contributed by atoms with Crippen LogP contribution in [0.4, 0.5) is 0 Å². The van der Waals surface area contributed by atoms with E-state index < -0.39 is 12.0 Å². The number of carbonyl (C=O) groups is 2. The largest absolute Gasteiger partial charge is 0.469 e. The van der Waals surface area contributed by atoms with Crippen LogP contribution in [0.3, 0.4) is 0 Å². The van der Waals surface area contributed by atoms with Crippen molar-refractivity contribution in [3.63, 3.8) is 0 Å². The van der Waals surface area contributed by atoms with Gasteiger partial charge in [-0.25, -0.2) is 4.79 Å². The van der Waals surface area contributed by atoms with E-state index >= 15 is 0 Å². The fourth-order valence-electron chi connectivity index (χ4n) is 2.67. The van der Waals surface area contributed by atoms with Crippen LogP contribution in [0.5, 0.6) is 0 Å². The molecule has 28 heavy (non-hydrogen) atoms. The van der Waals surface area contributed by atoms with Crippen molar-refractivity contribution in [3.8, 4) is 0 Å². The highest BCUT2D eigenvalue weighted by Crippen LogP contribution is 2.15. The minimum Gasteiger partial charge on any atom is -0.469 e. The van der Waals surface area contributed by atoms with Crippen LogP contribution in [0.1, 0.15) is 43.7 Å². The first-order valence-electron chi connectivity index (χ1n) is 9.57. The first kappa shape index (κ1) is 21.4. The summed E-state index contributed by atoms with van der Waals surface area (Å²) in [7, 11) is 1.33. The molecule has 2 aromatic carbocycles. The van der Waals surface area contributed by atoms with E-state index in [1.807, 2.05) is 67.6 Å². The van der Waals surface area contributed by atoms with E-state index in [-0.39, 0.29) is 18.8 Å². The maximum Gasteiger partial charge on any atom is 0.330 e. The molecule has 148 valence electrons. The van der Waals surface area contributed by atoms with Gasteiger partial charge < -0.3 is 9.47 Å². The van der Waals surface area contributed by atoms with Crippen LogP contribution in [0.25, 0.3) is 0 Å². The molecule has 2 rings (SSSR count). The van der Waals surface area contributed by atoms with E-state index in [4.69, 9.17) is 14.5 Å². The van der Waals surface area contributed by atoms with Gasteiger partial charge in [-0.2, -0.15) is 0 Å². The van der Waals surface area contributed by atoms with Crippen LogP contribution in [0, 0.1) is 0 Å². The van der Waals surface area contributed by atoms with E-state index in [9.17, 15) is 9.59 Å². The zero-order valence-electron chi connectivity index (χ0n) is 16.5. The Morgan fingerprint density at radius 1 is 0.964 bits per heavy atom. The summed E-state index contributed by atoms with van der Waals surface area (Å²) in [4.78, 5) is 29.0. The number of ether oxygens (including phenoxy) is 2. The molecular weight excluding hydrogens is 354 g/mol. The standard InChI is InChI=1S/C23H27NO4/c1-3-4-17-28-23(26)20(15-16-21(25)27-2)24-22(18-11-7-5-8-12-18)19-13-9-6-10-14-19/h5-14,20H,3-4,15-17H2,1-2H3/t20-/m0/s1. The molecule has 5 heteroatoms. The minimum absolute atomic E-state index is 0.102. The molecule has 0 fully saturated rings. The third kappa shape index (κ3) is 6.65. The average Bonchev–Trinajstić information content (AvgIpc) is 2.75. The average molecular weight is 381 g/mol. The van der Waals surface area contributed by atoms with E-state index in [0.29, 0.717) is 12.3 Å². The second-order valence-corrected chi connectivity index (χ2v) is 6.36. The molecular formula is C23H27NO4. The Balaban J connectivity index is 2.36. The van der Waals surface area contributed by atoms with Crippen LogP contribution in [-0.2, 0) is 19.1 Å². The zero-order valence-corrected chi connectivity index (χ0v) is 16.5. The van der Waals surface area contributed by atoms with Gasteiger partial charge in [0, 0.05) is 17.5 Å². The Morgan fingerprint density at radius 3 is 2.04 bits per heavy atom. The molecule has 0 aliphatic rings. The van der Waals surface area contributed by atoms with Gasteiger partial charge in [-0.3, -0.25) is 9.79 Å². The highest BCUT2D eigenvalue weighted by molar-refractivity contribution is 6.13. The van der Waals surface area contributed by atoms with Gasteiger partial charge in [-0.15, -0.1) is 0 Å². The number of hydrogen-bond acceptors (Lipinski definition) is 5. The lowest BCUT2D eigenvalue weighted by Crippen LogP contribution is -2.25. The Labute approximate surface area is 166 Å². The van der Waals surface area contributed by atoms with Crippen LogP contribution in [0.2, 0.25) is 0 Å². The first-order chi connectivity index (χ1) is 13.7. The quantitative estimate of drug-likeness (QED) is 0.352. The lowest BCUT2D eigenvalue weighted by molar-refractivity contribution is -0.146. The molecule has 0 aromatic heterocycles. The maximum absolute atomic E-state index is 12.6. The van der Waals surface area contributed by atoms with Gasteiger partial charge in [0.25, 0.3) is 0 Å². The number of benzene rings is 2. The van der Waals surface area contributed by atoms with E-state index in [1.54, 1.807) is 0 Å². The summed E-state index contributed by atoms with van der Waals surface area (Å²) in [6.45, 7) is 2.38. The molecule has 0 saturated heterocycles.